The molecule has 0 atom stereocenters. The van der Waals surface area contributed by atoms with Crippen molar-refractivity contribution in [1.29, 1.82) is 0 Å². The molecule has 2 aromatic heterocycles. The molecular weight excluding hydrogens is 516 g/mol. The maximum Gasteiger partial charge on any atom is 0.296 e. The number of pyridine rings is 1. The molecule has 6 nitrogen and oxygen atoms in total. The SMILES string of the molecule is Cc1ccc2nc(-c3ccc(Br)cc3)cc(C(=O)N=Nc3c(O)n(C(C)C)c4ccc(C)cc34)c2c1. The number of benzene rings is 3. The molecule has 2 heterocycles. The minimum Gasteiger partial charge on any atom is -0.493 e. The van der Waals surface area contributed by atoms with E-state index in [0.717, 1.165) is 32.1 Å². The molecular formula is C29H25BrN4O2. The van der Waals surface area contributed by atoms with E-state index in [0.29, 0.717) is 27.8 Å². The second-order valence-corrected chi connectivity index (χ2v) is 10.2. The Morgan fingerprint density at radius 1 is 0.944 bits per heavy atom. The molecule has 0 aliphatic heterocycles. The molecule has 1 N–H and O–H groups in total. The molecule has 5 aromatic rings. The maximum atomic E-state index is 13.5. The first-order valence-corrected chi connectivity index (χ1v) is 12.5. The van der Waals surface area contributed by atoms with Gasteiger partial charge in [0.25, 0.3) is 5.91 Å². The van der Waals surface area contributed by atoms with E-state index in [1.54, 1.807) is 10.6 Å². The predicted molar refractivity (Wildman–Crippen MR) is 147 cm³/mol. The van der Waals surface area contributed by atoms with E-state index < -0.39 is 5.91 Å². The zero-order valence-corrected chi connectivity index (χ0v) is 22.0. The number of hydrogen-bond donors (Lipinski definition) is 1. The van der Waals surface area contributed by atoms with Gasteiger partial charge in [-0.3, -0.25) is 4.79 Å². The standard InChI is InChI=1S/C29H25BrN4O2/c1-16(2)34-26-12-6-18(4)14-23(26)27(29(34)36)32-33-28(35)22-15-25(19-7-9-20(30)10-8-19)31-24-11-5-17(3)13-21(22)24/h5-16,36H,1-4H3. The number of azo groups is 1. The zero-order chi connectivity index (χ0) is 25.6. The lowest BCUT2D eigenvalue weighted by molar-refractivity contribution is 0.0996. The largest absolute Gasteiger partial charge is 0.493 e. The number of amides is 1. The van der Waals surface area contributed by atoms with Gasteiger partial charge in [-0.25, -0.2) is 4.98 Å². The first kappa shape index (κ1) is 23.9. The molecule has 0 spiro atoms. The Kier molecular flexibility index (Phi) is 6.18. The van der Waals surface area contributed by atoms with Crippen LogP contribution in [0.15, 0.2) is 81.4 Å². The van der Waals surface area contributed by atoms with Gasteiger partial charge >= 0.3 is 0 Å². The number of carbonyl (C=O) groups excluding carboxylic acids is 1. The van der Waals surface area contributed by atoms with Crippen LogP contribution in [0, 0.1) is 13.8 Å². The van der Waals surface area contributed by atoms with E-state index in [-0.39, 0.29) is 11.9 Å². The van der Waals surface area contributed by atoms with Gasteiger partial charge in [0.05, 0.1) is 22.3 Å². The predicted octanol–water partition coefficient (Wildman–Crippen LogP) is 8.45. The Morgan fingerprint density at radius 3 is 2.31 bits per heavy atom. The summed E-state index contributed by atoms with van der Waals surface area (Å²) in [6, 6.07) is 21.2. The minimum atomic E-state index is -0.496. The maximum absolute atomic E-state index is 13.5. The Hall–Kier alpha value is -3.84. The van der Waals surface area contributed by atoms with Crippen LogP contribution in [0.2, 0.25) is 0 Å². The summed E-state index contributed by atoms with van der Waals surface area (Å²) in [5.41, 5.74) is 5.85. The molecule has 180 valence electrons. The van der Waals surface area contributed by atoms with Crippen molar-refractivity contribution in [1.82, 2.24) is 9.55 Å². The lowest BCUT2D eigenvalue weighted by Crippen LogP contribution is -1.99. The fourth-order valence-corrected chi connectivity index (χ4v) is 4.72. The number of aromatic hydroxyl groups is 1. The third-order valence-electron chi connectivity index (χ3n) is 6.20. The van der Waals surface area contributed by atoms with Gasteiger partial charge in [-0.2, -0.15) is 0 Å². The van der Waals surface area contributed by atoms with Gasteiger partial charge in [0, 0.05) is 26.9 Å². The summed E-state index contributed by atoms with van der Waals surface area (Å²) in [6.45, 7) is 7.92. The number of halogens is 1. The number of aromatic nitrogens is 2. The van der Waals surface area contributed by atoms with E-state index in [1.807, 2.05) is 88.4 Å². The van der Waals surface area contributed by atoms with Crippen molar-refractivity contribution < 1.29 is 9.90 Å². The summed E-state index contributed by atoms with van der Waals surface area (Å²) in [7, 11) is 0. The van der Waals surface area contributed by atoms with Crippen molar-refractivity contribution in [3.8, 4) is 17.1 Å². The van der Waals surface area contributed by atoms with Crippen molar-refractivity contribution in [3.63, 3.8) is 0 Å². The van der Waals surface area contributed by atoms with Crippen molar-refractivity contribution in [3.05, 3.63) is 87.9 Å². The average molecular weight is 541 g/mol. The molecule has 7 heteroatoms. The van der Waals surface area contributed by atoms with Gasteiger partial charge in [-0.05, 0) is 70.2 Å². The third-order valence-corrected chi connectivity index (χ3v) is 6.73. The summed E-state index contributed by atoms with van der Waals surface area (Å²) in [4.78, 5) is 18.2. The molecule has 0 aliphatic rings. The minimum absolute atomic E-state index is 0.00636. The molecule has 0 bridgehead atoms. The van der Waals surface area contributed by atoms with Crippen LogP contribution in [0.4, 0.5) is 5.69 Å². The van der Waals surface area contributed by atoms with Crippen molar-refractivity contribution in [2.24, 2.45) is 10.2 Å². The van der Waals surface area contributed by atoms with Crippen LogP contribution in [0.25, 0.3) is 33.1 Å². The van der Waals surface area contributed by atoms with Gasteiger partial charge in [0.2, 0.25) is 5.88 Å². The average Bonchev–Trinajstić information content (AvgIpc) is 3.12. The monoisotopic (exact) mass is 540 g/mol. The van der Waals surface area contributed by atoms with Crippen LogP contribution < -0.4 is 0 Å². The molecule has 1 amide bonds. The highest BCUT2D eigenvalue weighted by molar-refractivity contribution is 9.10. The number of fused-ring (bicyclic) bond motifs is 2. The second kappa shape index (κ2) is 9.32. The second-order valence-electron chi connectivity index (χ2n) is 9.24. The summed E-state index contributed by atoms with van der Waals surface area (Å²) in [6.07, 6.45) is 0. The van der Waals surface area contributed by atoms with E-state index in [1.165, 1.54) is 0 Å². The summed E-state index contributed by atoms with van der Waals surface area (Å²) < 4.78 is 2.76. The van der Waals surface area contributed by atoms with Gasteiger partial charge in [-0.15, -0.1) is 10.2 Å². The molecule has 0 saturated heterocycles. The fourth-order valence-electron chi connectivity index (χ4n) is 4.45. The van der Waals surface area contributed by atoms with E-state index in [9.17, 15) is 9.90 Å². The Balaban J connectivity index is 1.64. The topological polar surface area (TPSA) is 79.8 Å². The lowest BCUT2D eigenvalue weighted by atomic mass is 10.0. The lowest BCUT2D eigenvalue weighted by Gasteiger charge is -2.10. The molecule has 0 radical (unpaired) electrons. The highest BCUT2D eigenvalue weighted by Gasteiger charge is 2.20. The normalized spacial score (nSPS) is 11.8. The van der Waals surface area contributed by atoms with Crippen molar-refractivity contribution >= 4 is 49.3 Å². The summed E-state index contributed by atoms with van der Waals surface area (Å²) >= 11 is 3.46. The Labute approximate surface area is 217 Å². The number of carbonyl (C=O) groups is 1. The zero-order valence-electron chi connectivity index (χ0n) is 20.5. The fraction of sp³-hybridized carbons (Fsp3) is 0.172. The van der Waals surface area contributed by atoms with Gasteiger partial charge in [0.15, 0.2) is 5.69 Å². The Morgan fingerprint density at radius 2 is 1.61 bits per heavy atom. The van der Waals surface area contributed by atoms with Crippen LogP contribution in [0.3, 0.4) is 0 Å². The third kappa shape index (κ3) is 4.31. The molecule has 0 unspecified atom stereocenters. The van der Waals surface area contributed by atoms with Crippen LogP contribution in [0.1, 0.15) is 41.4 Å². The quantitative estimate of drug-likeness (QED) is 0.232. The molecule has 0 fully saturated rings. The number of aryl methyl sites for hydroxylation is 2. The molecule has 5 rings (SSSR count). The molecule has 36 heavy (non-hydrogen) atoms. The number of nitrogens with zero attached hydrogens (tertiary/aromatic N) is 4. The summed E-state index contributed by atoms with van der Waals surface area (Å²) in [5.74, 6) is -0.503. The van der Waals surface area contributed by atoms with Crippen LogP contribution in [-0.4, -0.2) is 20.6 Å². The van der Waals surface area contributed by atoms with Gasteiger partial charge in [0.1, 0.15) is 0 Å². The van der Waals surface area contributed by atoms with Crippen LogP contribution in [-0.2, 0) is 0 Å². The molecule has 3 aromatic carbocycles. The number of rotatable bonds is 4. The summed E-state index contributed by atoms with van der Waals surface area (Å²) in [5, 5.41) is 20.8. The highest BCUT2D eigenvalue weighted by atomic mass is 79.9. The molecule has 0 saturated carbocycles. The first-order valence-electron chi connectivity index (χ1n) is 11.7. The van der Waals surface area contributed by atoms with E-state index in [2.05, 4.69) is 26.2 Å². The van der Waals surface area contributed by atoms with Crippen LogP contribution in [0.5, 0.6) is 5.88 Å². The number of hydrogen-bond acceptors (Lipinski definition) is 4. The van der Waals surface area contributed by atoms with E-state index in [4.69, 9.17) is 4.98 Å². The molecule has 0 aliphatic carbocycles. The van der Waals surface area contributed by atoms with E-state index >= 15 is 0 Å². The van der Waals surface area contributed by atoms with Crippen molar-refractivity contribution in [2.75, 3.05) is 0 Å². The van der Waals surface area contributed by atoms with Crippen LogP contribution >= 0.6 is 15.9 Å². The van der Waals surface area contributed by atoms with Crippen molar-refractivity contribution in [2.45, 2.75) is 33.7 Å². The van der Waals surface area contributed by atoms with Gasteiger partial charge < -0.3 is 9.67 Å². The Bertz CT molecular complexity index is 1670. The first-order chi connectivity index (χ1) is 17.2. The van der Waals surface area contributed by atoms with Gasteiger partial charge in [-0.1, -0.05) is 51.3 Å². The smallest absolute Gasteiger partial charge is 0.296 e. The highest BCUT2D eigenvalue weighted by Crippen LogP contribution is 2.41.